The van der Waals surface area contributed by atoms with Gasteiger partial charge in [0.2, 0.25) is 0 Å². The quantitative estimate of drug-likeness (QED) is 0.772. The Kier molecular flexibility index (Phi) is 5.96. The summed E-state index contributed by atoms with van der Waals surface area (Å²) >= 11 is 1.84. The third-order valence-electron chi connectivity index (χ3n) is 4.49. The summed E-state index contributed by atoms with van der Waals surface area (Å²) in [6, 6.07) is 10.4. The van der Waals surface area contributed by atoms with E-state index in [1.807, 2.05) is 17.8 Å². The second-order valence-electron chi connectivity index (χ2n) is 5.74. The smallest absolute Gasteiger partial charge is 0.306 e. The summed E-state index contributed by atoms with van der Waals surface area (Å²) in [6.07, 6.45) is 5.27. The first-order valence-electron chi connectivity index (χ1n) is 7.61. The minimum atomic E-state index is -0.589. The highest BCUT2D eigenvalue weighted by atomic mass is 32.2. The number of carboxylic acid groups (broad SMARTS) is 1. The Bertz CT molecular complexity index is 418. The summed E-state index contributed by atoms with van der Waals surface area (Å²) in [5, 5.41) is 9.38. The molecule has 110 valence electrons. The van der Waals surface area contributed by atoms with E-state index >= 15 is 0 Å². The standard InChI is InChI=1S/C17H24O2S/c1-2-13-8-9-16(17(18)19)14(12-13)10-11-20-15-6-4-3-5-7-15/h3-7,13-14,16H,2,8-12H2,1H3,(H,18,19). The van der Waals surface area contributed by atoms with Crippen LogP contribution in [0, 0.1) is 17.8 Å². The average Bonchev–Trinajstić information content (AvgIpc) is 2.48. The maximum absolute atomic E-state index is 11.4. The molecule has 1 aliphatic rings. The lowest BCUT2D eigenvalue weighted by Crippen LogP contribution is -2.31. The van der Waals surface area contributed by atoms with Gasteiger partial charge in [0.15, 0.2) is 0 Å². The predicted octanol–water partition coefficient (Wildman–Crippen LogP) is 4.70. The zero-order valence-corrected chi connectivity index (χ0v) is 12.9. The topological polar surface area (TPSA) is 37.3 Å². The molecule has 0 spiro atoms. The molecule has 1 aromatic carbocycles. The van der Waals surface area contributed by atoms with E-state index in [1.54, 1.807) is 0 Å². The Hall–Kier alpha value is -0.960. The van der Waals surface area contributed by atoms with Crippen molar-refractivity contribution in [2.24, 2.45) is 17.8 Å². The fourth-order valence-corrected chi connectivity index (χ4v) is 4.23. The van der Waals surface area contributed by atoms with Crippen molar-refractivity contribution in [1.29, 1.82) is 0 Å². The Morgan fingerprint density at radius 2 is 2.05 bits per heavy atom. The van der Waals surface area contributed by atoms with Crippen molar-refractivity contribution in [3.8, 4) is 0 Å². The maximum Gasteiger partial charge on any atom is 0.306 e. The van der Waals surface area contributed by atoms with E-state index < -0.39 is 5.97 Å². The SMILES string of the molecule is CCC1CCC(C(=O)O)C(CCSc2ccccc2)C1. The second-order valence-corrected chi connectivity index (χ2v) is 6.91. The molecule has 1 N–H and O–H groups in total. The van der Waals surface area contributed by atoms with Gasteiger partial charge in [0.05, 0.1) is 5.92 Å². The minimum Gasteiger partial charge on any atom is -0.481 e. The molecule has 20 heavy (non-hydrogen) atoms. The van der Waals surface area contributed by atoms with E-state index in [1.165, 1.54) is 11.3 Å². The molecule has 0 saturated heterocycles. The first-order valence-corrected chi connectivity index (χ1v) is 8.60. The molecule has 3 unspecified atom stereocenters. The average molecular weight is 292 g/mol. The number of hydrogen-bond acceptors (Lipinski definition) is 2. The highest BCUT2D eigenvalue weighted by Crippen LogP contribution is 2.38. The van der Waals surface area contributed by atoms with Gasteiger partial charge in [-0.05, 0) is 55.4 Å². The van der Waals surface area contributed by atoms with Crippen LogP contribution in [0.5, 0.6) is 0 Å². The highest BCUT2D eigenvalue weighted by molar-refractivity contribution is 7.99. The monoisotopic (exact) mass is 292 g/mol. The number of carboxylic acids is 1. The summed E-state index contributed by atoms with van der Waals surface area (Å²) in [7, 11) is 0. The van der Waals surface area contributed by atoms with Crippen LogP contribution in [0.25, 0.3) is 0 Å². The van der Waals surface area contributed by atoms with E-state index in [0.29, 0.717) is 5.92 Å². The lowest BCUT2D eigenvalue weighted by molar-refractivity contribution is -0.145. The lowest BCUT2D eigenvalue weighted by atomic mass is 9.72. The lowest BCUT2D eigenvalue weighted by Gasteiger charge is -2.33. The molecule has 2 rings (SSSR count). The van der Waals surface area contributed by atoms with Crippen molar-refractivity contribution < 1.29 is 9.90 Å². The van der Waals surface area contributed by atoms with Crippen molar-refractivity contribution in [1.82, 2.24) is 0 Å². The molecule has 0 aliphatic heterocycles. The molecule has 1 aromatic rings. The number of benzene rings is 1. The molecule has 0 amide bonds. The van der Waals surface area contributed by atoms with Crippen LogP contribution in [0.3, 0.4) is 0 Å². The van der Waals surface area contributed by atoms with Crippen LogP contribution in [-0.4, -0.2) is 16.8 Å². The Labute approximate surface area is 126 Å². The van der Waals surface area contributed by atoms with E-state index in [0.717, 1.165) is 37.4 Å². The molecule has 0 heterocycles. The third-order valence-corrected chi connectivity index (χ3v) is 5.53. The number of rotatable bonds is 6. The normalized spacial score (nSPS) is 26.4. The molecule has 1 aliphatic carbocycles. The van der Waals surface area contributed by atoms with Gasteiger partial charge in [-0.1, -0.05) is 31.5 Å². The summed E-state index contributed by atoms with van der Waals surface area (Å²) in [4.78, 5) is 12.7. The molecular weight excluding hydrogens is 268 g/mol. The highest BCUT2D eigenvalue weighted by Gasteiger charge is 2.33. The van der Waals surface area contributed by atoms with Crippen LogP contribution < -0.4 is 0 Å². The molecule has 1 fully saturated rings. The molecule has 2 nitrogen and oxygen atoms in total. The van der Waals surface area contributed by atoms with E-state index in [-0.39, 0.29) is 5.92 Å². The largest absolute Gasteiger partial charge is 0.481 e. The van der Waals surface area contributed by atoms with E-state index in [4.69, 9.17) is 0 Å². The van der Waals surface area contributed by atoms with Crippen LogP contribution in [0.1, 0.15) is 39.0 Å². The van der Waals surface area contributed by atoms with Gasteiger partial charge in [-0.15, -0.1) is 11.8 Å². The summed E-state index contributed by atoms with van der Waals surface area (Å²) in [5.74, 6) is 1.41. The van der Waals surface area contributed by atoms with Crippen molar-refractivity contribution in [3.63, 3.8) is 0 Å². The van der Waals surface area contributed by atoms with Gasteiger partial charge in [0.1, 0.15) is 0 Å². The molecule has 3 heteroatoms. The van der Waals surface area contributed by atoms with Crippen LogP contribution in [-0.2, 0) is 4.79 Å². The molecule has 0 bridgehead atoms. The van der Waals surface area contributed by atoms with Gasteiger partial charge < -0.3 is 5.11 Å². The van der Waals surface area contributed by atoms with Gasteiger partial charge in [0.25, 0.3) is 0 Å². The summed E-state index contributed by atoms with van der Waals surface area (Å²) in [5.41, 5.74) is 0. The van der Waals surface area contributed by atoms with Crippen LogP contribution in [0.4, 0.5) is 0 Å². The number of aliphatic carboxylic acids is 1. The van der Waals surface area contributed by atoms with Crippen LogP contribution in [0.15, 0.2) is 35.2 Å². The molecule has 0 radical (unpaired) electrons. The molecule has 0 aromatic heterocycles. The Morgan fingerprint density at radius 3 is 2.70 bits per heavy atom. The van der Waals surface area contributed by atoms with Crippen molar-refractivity contribution in [2.75, 3.05) is 5.75 Å². The summed E-state index contributed by atoms with van der Waals surface area (Å²) < 4.78 is 0. The zero-order chi connectivity index (χ0) is 14.4. The number of thioether (sulfide) groups is 1. The van der Waals surface area contributed by atoms with Crippen molar-refractivity contribution >= 4 is 17.7 Å². The van der Waals surface area contributed by atoms with Gasteiger partial charge in [0, 0.05) is 4.90 Å². The predicted molar refractivity (Wildman–Crippen MR) is 84.0 cm³/mol. The number of hydrogen-bond donors (Lipinski definition) is 1. The van der Waals surface area contributed by atoms with Crippen molar-refractivity contribution in [3.05, 3.63) is 30.3 Å². The Balaban J connectivity index is 1.85. The van der Waals surface area contributed by atoms with Gasteiger partial charge in [-0.2, -0.15) is 0 Å². The fourth-order valence-electron chi connectivity index (χ4n) is 3.22. The van der Waals surface area contributed by atoms with E-state index in [2.05, 4.69) is 31.2 Å². The van der Waals surface area contributed by atoms with Gasteiger partial charge in [-0.3, -0.25) is 4.79 Å². The fraction of sp³-hybridized carbons (Fsp3) is 0.588. The zero-order valence-electron chi connectivity index (χ0n) is 12.1. The number of carbonyl (C=O) groups is 1. The maximum atomic E-state index is 11.4. The van der Waals surface area contributed by atoms with Crippen LogP contribution in [0.2, 0.25) is 0 Å². The molecule has 1 saturated carbocycles. The van der Waals surface area contributed by atoms with Crippen LogP contribution >= 0.6 is 11.8 Å². The Morgan fingerprint density at radius 1 is 1.30 bits per heavy atom. The summed E-state index contributed by atoms with van der Waals surface area (Å²) in [6.45, 7) is 2.22. The second kappa shape index (κ2) is 7.72. The van der Waals surface area contributed by atoms with Gasteiger partial charge >= 0.3 is 5.97 Å². The van der Waals surface area contributed by atoms with Crippen molar-refractivity contribution in [2.45, 2.75) is 43.9 Å². The molecule has 3 atom stereocenters. The first kappa shape index (κ1) is 15.4. The molecular formula is C17H24O2S. The van der Waals surface area contributed by atoms with E-state index in [9.17, 15) is 9.90 Å². The van der Waals surface area contributed by atoms with Gasteiger partial charge in [-0.25, -0.2) is 0 Å². The third kappa shape index (κ3) is 4.27. The minimum absolute atomic E-state index is 0.117. The first-order chi connectivity index (χ1) is 9.70.